The van der Waals surface area contributed by atoms with Gasteiger partial charge in [0.2, 0.25) is 0 Å². The molecule has 2 N–H and O–H groups in total. The molecular weight excluding hydrogens is 352 g/mol. The molecule has 0 amide bonds. The first-order valence-electron chi connectivity index (χ1n) is 9.89. The van der Waals surface area contributed by atoms with E-state index in [1.165, 1.54) is 11.3 Å². The maximum Gasteiger partial charge on any atom is 0.191 e. The highest BCUT2D eigenvalue weighted by Gasteiger charge is 2.10. The number of benzene rings is 2. The number of rotatable bonds is 8. The minimum atomic E-state index is 0.678. The SMILES string of the molecule is CN=C(NCCCOc1ccccc1)NCc1ccc(N2CCOCC2)cc1. The third-order valence-corrected chi connectivity index (χ3v) is 4.62. The van der Waals surface area contributed by atoms with Gasteiger partial charge in [0.1, 0.15) is 5.75 Å². The van der Waals surface area contributed by atoms with Gasteiger partial charge in [0, 0.05) is 38.9 Å². The smallest absolute Gasteiger partial charge is 0.191 e. The molecule has 0 spiro atoms. The van der Waals surface area contributed by atoms with Crippen LogP contribution in [0.3, 0.4) is 0 Å². The summed E-state index contributed by atoms with van der Waals surface area (Å²) in [5.41, 5.74) is 2.49. The molecule has 1 fully saturated rings. The monoisotopic (exact) mass is 382 g/mol. The lowest BCUT2D eigenvalue weighted by Gasteiger charge is -2.28. The summed E-state index contributed by atoms with van der Waals surface area (Å²) >= 11 is 0. The molecule has 3 rings (SSSR count). The van der Waals surface area contributed by atoms with Gasteiger partial charge in [-0.1, -0.05) is 30.3 Å². The Labute approximate surface area is 167 Å². The van der Waals surface area contributed by atoms with E-state index >= 15 is 0 Å². The van der Waals surface area contributed by atoms with Gasteiger partial charge in [-0.2, -0.15) is 0 Å². The minimum Gasteiger partial charge on any atom is -0.494 e. The standard InChI is InChI=1S/C22H30N4O2/c1-23-22(24-12-5-15-28-21-6-3-2-4-7-21)25-18-19-8-10-20(11-9-19)26-13-16-27-17-14-26/h2-4,6-11H,5,12-18H2,1H3,(H2,23,24,25). The maximum absolute atomic E-state index is 5.70. The number of morpholine rings is 1. The van der Waals surface area contributed by atoms with Crippen LogP contribution in [0.4, 0.5) is 5.69 Å². The number of guanidine groups is 1. The van der Waals surface area contributed by atoms with E-state index < -0.39 is 0 Å². The summed E-state index contributed by atoms with van der Waals surface area (Å²) < 4.78 is 11.1. The Morgan fingerprint density at radius 1 is 1.04 bits per heavy atom. The number of nitrogens with one attached hydrogen (secondary N) is 2. The van der Waals surface area contributed by atoms with Crippen LogP contribution in [0.15, 0.2) is 59.6 Å². The first kappa shape index (κ1) is 20.0. The zero-order valence-corrected chi connectivity index (χ0v) is 16.6. The third-order valence-electron chi connectivity index (χ3n) is 4.62. The van der Waals surface area contributed by atoms with Crippen molar-refractivity contribution in [1.82, 2.24) is 10.6 Å². The number of hydrogen-bond donors (Lipinski definition) is 2. The van der Waals surface area contributed by atoms with E-state index in [-0.39, 0.29) is 0 Å². The molecular formula is C22H30N4O2. The highest BCUT2D eigenvalue weighted by molar-refractivity contribution is 5.79. The molecule has 0 bridgehead atoms. The summed E-state index contributed by atoms with van der Waals surface area (Å²) in [6.45, 7) is 5.76. The molecule has 0 radical (unpaired) electrons. The maximum atomic E-state index is 5.70. The van der Waals surface area contributed by atoms with Crippen LogP contribution in [0, 0.1) is 0 Å². The molecule has 1 aliphatic rings. The molecule has 0 atom stereocenters. The van der Waals surface area contributed by atoms with Crippen molar-refractivity contribution >= 4 is 11.6 Å². The van der Waals surface area contributed by atoms with Crippen LogP contribution >= 0.6 is 0 Å². The molecule has 0 aliphatic carbocycles. The Hall–Kier alpha value is -2.73. The van der Waals surface area contributed by atoms with Crippen molar-refractivity contribution in [2.75, 3.05) is 51.4 Å². The van der Waals surface area contributed by atoms with Crippen molar-refractivity contribution in [2.24, 2.45) is 4.99 Å². The first-order valence-corrected chi connectivity index (χ1v) is 9.89. The van der Waals surface area contributed by atoms with E-state index in [0.717, 1.165) is 57.5 Å². The Morgan fingerprint density at radius 2 is 1.79 bits per heavy atom. The molecule has 28 heavy (non-hydrogen) atoms. The molecule has 6 nitrogen and oxygen atoms in total. The van der Waals surface area contributed by atoms with E-state index in [2.05, 4.69) is 44.8 Å². The number of anilines is 1. The van der Waals surface area contributed by atoms with Crippen LogP contribution in [0.5, 0.6) is 5.75 Å². The van der Waals surface area contributed by atoms with E-state index in [0.29, 0.717) is 6.61 Å². The quantitative estimate of drug-likeness (QED) is 0.418. The van der Waals surface area contributed by atoms with Crippen molar-refractivity contribution in [1.29, 1.82) is 0 Å². The van der Waals surface area contributed by atoms with E-state index in [1.54, 1.807) is 7.05 Å². The van der Waals surface area contributed by atoms with Crippen molar-refractivity contribution in [3.8, 4) is 5.75 Å². The van der Waals surface area contributed by atoms with Gasteiger partial charge in [-0.05, 0) is 36.2 Å². The Bertz CT molecular complexity index is 713. The summed E-state index contributed by atoms with van der Waals surface area (Å²) in [6, 6.07) is 18.6. The summed E-state index contributed by atoms with van der Waals surface area (Å²) in [5.74, 6) is 1.71. The lowest BCUT2D eigenvalue weighted by atomic mass is 10.2. The summed E-state index contributed by atoms with van der Waals surface area (Å²) in [7, 11) is 1.79. The molecule has 1 saturated heterocycles. The second kappa shape index (κ2) is 11.2. The Morgan fingerprint density at radius 3 is 2.50 bits per heavy atom. The largest absolute Gasteiger partial charge is 0.494 e. The summed E-state index contributed by atoms with van der Waals surface area (Å²) in [4.78, 5) is 6.64. The summed E-state index contributed by atoms with van der Waals surface area (Å²) in [6.07, 6.45) is 0.907. The molecule has 0 saturated carbocycles. The fraction of sp³-hybridized carbons (Fsp3) is 0.409. The second-order valence-corrected chi connectivity index (χ2v) is 6.63. The topological polar surface area (TPSA) is 58.1 Å². The molecule has 2 aromatic carbocycles. The predicted molar refractivity (Wildman–Crippen MR) is 114 cm³/mol. The number of para-hydroxylation sites is 1. The molecule has 0 aromatic heterocycles. The van der Waals surface area contributed by atoms with Crippen LogP contribution in [-0.4, -0.2) is 52.5 Å². The zero-order valence-electron chi connectivity index (χ0n) is 16.6. The lowest BCUT2D eigenvalue weighted by molar-refractivity contribution is 0.122. The number of nitrogens with zero attached hydrogens (tertiary/aromatic N) is 2. The van der Waals surface area contributed by atoms with Gasteiger partial charge in [0.05, 0.1) is 19.8 Å². The Balaban J connectivity index is 1.34. The van der Waals surface area contributed by atoms with Crippen LogP contribution in [0.2, 0.25) is 0 Å². The van der Waals surface area contributed by atoms with Gasteiger partial charge >= 0.3 is 0 Å². The van der Waals surface area contributed by atoms with E-state index in [4.69, 9.17) is 9.47 Å². The summed E-state index contributed by atoms with van der Waals surface area (Å²) in [5, 5.41) is 6.68. The van der Waals surface area contributed by atoms with Crippen molar-refractivity contribution in [2.45, 2.75) is 13.0 Å². The van der Waals surface area contributed by atoms with Crippen LogP contribution in [0.1, 0.15) is 12.0 Å². The molecule has 1 heterocycles. The number of ether oxygens (including phenoxy) is 2. The minimum absolute atomic E-state index is 0.678. The normalized spacial score (nSPS) is 14.6. The van der Waals surface area contributed by atoms with Crippen molar-refractivity contribution in [3.05, 3.63) is 60.2 Å². The number of aliphatic imine (C=N–C) groups is 1. The van der Waals surface area contributed by atoms with E-state index in [1.807, 2.05) is 30.3 Å². The van der Waals surface area contributed by atoms with Gasteiger partial charge in [-0.3, -0.25) is 4.99 Å². The van der Waals surface area contributed by atoms with Crippen molar-refractivity contribution < 1.29 is 9.47 Å². The highest BCUT2D eigenvalue weighted by atomic mass is 16.5. The van der Waals surface area contributed by atoms with Crippen LogP contribution in [-0.2, 0) is 11.3 Å². The van der Waals surface area contributed by atoms with Crippen LogP contribution in [0.25, 0.3) is 0 Å². The molecule has 150 valence electrons. The van der Waals surface area contributed by atoms with Gasteiger partial charge in [-0.15, -0.1) is 0 Å². The fourth-order valence-corrected chi connectivity index (χ4v) is 3.04. The highest BCUT2D eigenvalue weighted by Crippen LogP contribution is 2.16. The first-order chi connectivity index (χ1) is 13.8. The molecule has 1 aliphatic heterocycles. The van der Waals surface area contributed by atoms with Gasteiger partial charge in [0.15, 0.2) is 5.96 Å². The number of hydrogen-bond acceptors (Lipinski definition) is 4. The zero-order chi connectivity index (χ0) is 19.4. The predicted octanol–water partition coefficient (Wildman–Crippen LogP) is 2.66. The molecule has 6 heteroatoms. The Kier molecular flexibility index (Phi) is 8.00. The fourth-order valence-electron chi connectivity index (χ4n) is 3.04. The molecule has 2 aromatic rings. The third kappa shape index (κ3) is 6.46. The molecule has 0 unspecified atom stereocenters. The van der Waals surface area contributed by atoms with E-state index in [9.17, 15) is 0 Å². The average Bonchev–Trinajstić information content (AvgIpc) is 2.77. The van der Waals surface area contributed by atoms with Crippen molar-refractivity contribution in [3.63, 3.8) is 0 Å². The van der Waals surface area contributed by atoms with Crippen LogP contribution < -0.4 is 20.3 Å². The van der Waals surface area contributed by atoms with Gasteiger partial charge in [-0.25, -0.2) is 0 Å². The second-order valence-electron chi connectivity index (χ2n) is 6.63. The van der Waals surface area contributed by atoms with Gasteiger partial charge in [0.25, 0.3) is 0 Å². The van der Waals surface area contributed by atoms with Gasteiger partial charge < -0.3 is 25.0 Å². The average molecular weight is 383 g/mol. The lowest BCUT2D eigenvalue weighted by Crippen LogP contribution is -2.37.